The van der Waals surface area contributed by atoms with Crippen molar-refractivity contribution in [1.29, 1.82) is 0 Å². The number of esters is 1. The lowest BCUT2D eigenvalue weighted by Crippen LogP contribution is -2.33. The summed E-state index contributed by atoms with van der Waals surface area (Å²) in [7, 11) is 0. The Kier molecular flexibility index (Phi) is 6.92. The Labute approximate surface area is 184 Å². The van der Waals surface area contributed by atoms with Crippen molar-refractivity contribution in [2.75, 3.05) is 32.8 Å². The van der Waals surface area contributed by atoms with Crippen LogP contribution in [0.5, 0.6) is 5.75 Å². The zero-order chi connectivity index (χ0) is 21.6. The molecule has 0 amide bonds. The van der Waals surface area contributed by atoms with E-state index in [1.165, 1.54) is 24.8 Å². The van der Waals surface area contributed by atoms with Gasteiger partial charge in [-0.15, -0.1) is 0 Å². The first kappa shape index (κ1) is 21.4. The number of fused-ring (bicyclic) bond motifs is 1. The Morgan fingerprint density at radius 3 is 2.55 bits per heavy atom. The molecule has 2 heterocycles. The van der Waals surface area contributed by atoms with Crippen LogP contribution < -0.4 is 4.74 Å². The summed E-state index contributed by atoms with van der Waals surface area (Å²) in [6.45, 7) is 8.82. The smallest absolute Gasteiger partial charge is 0.340 e. The number of carbonyl (C=O) groups is 1. The van der Waals surface area contributed by atoms with E-state index < -0.39 is 0 Å². The number of carbonyl (C=O) groups excluding carboxylic acids is 1. The highest BCUT2D eigenvalue weighted by Gasteiger charge is 2.22. The van der Waals surface area contributed by atoms with Gasteiger partial charge in [0, 0.05) is 29.7 Å². The summed E-state index contributed by atoms with van der Waals surface area (Å²) in [6, 6.07) is 16.4. The fraction of sp³-hybridized carbons (Fsp3) is 0.423. The Morgan fingerprint density at radius 2 is 1.81 bits per heavy atom. The molecule has 1 saturated heterocycles. The molecular weight excluding hydrogens is 388 g/mol. The number of aromatic nitrogens is 1. The van der Waals surface area contributed by atoms with Gasteiger partial charge in [0.15, 0.2) is 0 Å². The standard InChI is InChI=1S/C26H32N2O3/c1-3-30-26(29)25-20(2)28(19-21-10-6-4-7-11-21)24-13-12-22(18-23(24)25)31-17-16-27-14-8-5-9-15-27/h4,6-7,10-13,18H,3,5,8-9,14-17,19H2,1-2H3. The molecule has 1 aliphatic rings. The van der Waals surface area contributed by atoms with Gasteiger partial charge >= 0.3 is 5.97 Å². The van der Waals surface area contributed by atoms with Crippen LogP contribution in [0.1, 0.15) is 47.8 Å². The van der Waals surface area contributed by atoms with Crippen molar-refractivity contribution in [3.05, 3.63) is 65.4 Å². The van der Waals surface area contributed by atoms with Crippen LogP contribution in [-0.2, 0) is 11.3 Å². The van der Waals surface area contributed by atoms with Crippen molar-refractivity contribution in [3.63, 3.8) is 0 Å². The second-order valence-electron chi connectivity index (χ2n) is 8.18. The average molecular weight is 421 g/mol. The molecule has 0 atom stereocenters. The lowest BCUT2D eigenvalue weighted by atomic mass is 10.1. The van der Waals surface area contributed by atoms with Crippen LogP contribution in [0, 0.1) is 6.92 Å². The highest BCUT2D eigenvalue weighted by molar-refractivity contribution is 6.06. The first-order valence-corrected chi connectivity index (χ1v) is 11.4. The summed E-state index contributed by atoms with van der Waals surface area (Å²) in [5.41, 5.74) is 3.77. The maximum atomic E-state index is 12.8. The minimum absolute atomic E-state index is 0.276. The fourth-order valence-electron chi connectivity index (χ4n) is 4.46. The molecule has 0 saturated carbocycles. The molecular formula is C26H32N2O3. The predicted molar refractivity (Wildman–Crippen MR) is 124 cm³/mol. The van der Waals surface area contributed by atoms with Crippen LogP contribution in [0.15, 0.2) is 48.5 Å². The highest BCUT2D eigenvalue weighted by atomic mass is 16.5. The molecule has 0 unspecified atom stereocenters. The number of rotatable bonds is 8. The molecule has 1 aromatic heterocycles. The number of hydrogen-bond acceptors (Lipinski definition) is 4. The van der Waals surface area contributed by atoms with E-state index in [1.807, 2.05) is 44.2 Å². The molecule has 0 N–H and O–H groups in total. The minimum Gasteiger partial charge on any atom is -0.492 e. The Balaban J connectivity index is 1.61. The first-order chi connectivity index (χ1) is 15.2. The van der Waals surface area contributed by atoms with Crippen molar-refractivity contribution in [1.82, 2.24) is 9.47 Å². The van der Waals surface area contributed by atoms with Gasteiger partial charge in [-0.2, -0.15) is 0 Å². The summed E-state index contributed by atoms with van der Waals surface area (Å²) >= 11 is 0. The largest absolute Gasteiger partial charge is 0.492 e. The molecule has 31 heavy (non-hydrogen) atoms. The second kappa shape index (κ2) is 10.0. The van der Waals surface area contributed by atoms with Gasteiger partial charge in [0.25, 0.3) is 0 Å². The van der Waals surface area contributed by atoms with Crippen LogP contribution in [-0.4, -0.2) is 48.3 Å². The third-order valence-electron chi connectivity index (χ3n) is 6.08. The van der Waals surface area contributed by atoms with Gasteiger partial charge < -0.3 is 14.0 Å². The number of hydrogen-bond donors (Lipinski definition) is 0. The zero-order valence-corrected chi connectivity index (χ0v) is 18.6. The van der Waals surface area contributed by atoms with E-state index in [4.69, 9.17) is 9.47 Å². The quantitative estimate of drug-likeness (QED) is 0.479. The number of benzene rings is 2. The Morgan fingerprint density at radius 1 is 1.03 bits per heavy atom. The highest BCUT2D eigenvalue weighted by Crippen LogP contribution is 2.31. The van der Waals surface area contributed by atoms with E-state index in [0.717, 1.165) is 42.0 Å². The van der Waals surface area contributed by atoms with E-state index in [0.29, 0.717) is 25.3 Å². The van der Waals surface area contributed by atoms with E-state index in [9.17, 15) is 4.79 Å². The molecule has 5 nitrogen and oxygen atoms in total. The number of likely N-dealkylation sites (tertiary alicyclic amines) is 1. The molecule has 0 aliphatic carbocycles. The molecule has 1 fully saturated rings. The summed E-state index contributed by atoms with van der Waals surface area (Å²) < 4.78 is 13.6. The van der Waals surface area contributed by atoms with Crippen molar-refractivity contribution in [3.8, 4) is 5.75 Å². The van der Waals surface area contributed by atoms with Crippen molar-refractivity contribution >= 4 is 16.9 Å². The van der Waals surface area contributed by atoms with Crippen LogP contribution in [0.2, 0.25) is 0 Å². The maximum absolute atomic E-state index is 12.8. The van der Waals surface area contributed by atoms with Crippen LogP contribution >= 0.6 is 0 Å². The van der Waals surface area contributed by atoms with Gasteiger partial charge in [0.2, 0.25) is 0 Å². The molecule has 0 spiro atoms. The molecule has 2 aromatic carbocycles. The van der Waals surface area contributed by atoms with Gasteiger partial charge in [-0.1, -0.05) is 36.8 Å². The third kappa shape index (κ3) is 4.93. The molecule has 164 valence electrons. The van der Waals surface area contributed by atoms with Crippen LogP contribution in [0.25, 0.3) is 10.9 Å². The van der Waals surface area contributed by atoms with Gasteiger partial charge in [-0.3, -0.25) is 4.90 Å². The maximum Gasteiger partial charge on any atom is 0.340 e. The minimum atomic E-state index is -0.276. The van der Waals surface area contributed by atoms with Gasteiger partial charge in [0.1, 0.15) is 12.4 Å². The van der Waals surface area contributed by atoms with Gasteiger partial charge in [0.05, 0.1) is 12.2 Å². The van der Waals surface area contributed by atoms with Crippen molar-refractivity contribution < 1.29 is 14.3 Å². The Hall–Kier alpha value is -2.79. The molecule has 0 bridgehead atoms. The average Bonchev–Trinajstić information content (AvgIpc) is 3.06. The molecule has 4 rings (SSSR count). The van der Waals surface area contributed by atoms with Crippen LogP contribution in [0.4, 0.5) is 0 Å². The summed E-state index contributed by atoms with van der Waals surface area (Å²) in [6.07, 6.45) is 3.90. The van der Waals surface area contributed by atoms with E-state index >= 15 is 0 Å². The Bertz CT molecular complexity index is 1020. The lowest BCUT2D eigenvalue weighted by Gasteiger charge is -2.26. The number of ether oxygens (including phenoxy) is 2. The zero-order valence-electron chi connectivity index (χ0n) is 18.6. The second-order valence-corrected chi connectivity index (χ2v) is 8.18. The first-order valence-electron chi connectivity index (χ1n) is 11.4. The van der Waals surface area contributed by atoms with Gasteiger partial charge in [-0.05, 0) is 63.5 Å². The number of nitrogens with zero attached hydrogens (tertiary/aromatic N) is 2. The summed E-state index contributed by atoms with van der Waals surface area (Å²) in [5.74, 6) is 0.522. The fourth-order valence-corrected chi connectivity index (χ4v) is 4.46. The van der Waals surface area contributed by atoms with Crippen molar-refractivity contribution in [2.24, 2.45) is 0 Å². The molecule has 0 radical (unpaired) electrons. The predicted octanol–water partition coefficient (Wildman–Crippen LogP) is 5.04. The number of piperidine rings is 1. The van der Waals surface area contributed by atoms with Crippen LogP contribution in [0.3, 0.4) is 0 Å². The SMILES string of the molecule is CCOC(=O)c1c(C)n(Cc2ccccc2)c2ccc(OCCN3CCCCC3)cc12. The normalized spacial score (nSPS) is 14.6. The summed E-state index contributed by atoms with van der Waals surface area (Å²) in [4.78, 5) is 15.3. The molecule has 5 heteroatoms. The van der Waals surface area contributed by atoms with E-state index in [1.54, 1.807) is 0 Å². The lowest BCUT2D eigenvalue weighted by molar-refractivity contribution is 0.0527. The summed E-state index contributed by atoms with van der Waals surface area (Å²) in [5, 5.41) is 0.891. The van der Waals surface area contributed by atoms with E-state index in [2.05, 4.69) is 27.7 Å². The molecule has 1 aliphatic heterocycles. The monoisotopic (exact) mass is 420 g/mol. The van der Waals surface area contributed by atoms with Crippen molar-refractivity contribution in [2.45, 2.75) is 39.7 Å². The van der Waals surface area contributed by atoms with E-state index in [-0.39, 0.29) is 5.97 Å². The third-order valence-corrected chi connectivity index (χ3v) is 6.08. The molecule has 3 aromatic rings. The van der Waals surface area contributed by atoms with Gasteiger partial charge in [-0.25, -0.2) is 4.79 Å². The topological polar surface area (TPSA) is 43.7 Å².